The maximum absolute atomic E-state index is 2.73. The number of rotatable bonds is 0. The molecule has 1 heterocycles. The SMILES string of the molecule is C[C@@H]1CCN(P)C1. The lowest BCUT2D eigenvalue weighted by Gasteiger charge is -2.03. The van der Waals surface area contributed by atoms with Crippen molar-refractivity contribution in [2.24, 2.45) is 5.92 Å². The zero-order valence-electron chi connectivity index (χ0n) is 4.72. The molecule has 0 amide bonds. The van der Waals surface area contributed by atoms with E-state index in [1.54, 1.807) is 0 Å². The van der Waals surface area contributed by atoms with Gasteiger partial charge in [0.25, 0.3) is 0 Å². The smallest absolute Gasteiger partial charge is 0.00424 e. The van der Waals surface area contributed by atoms with E-state index >= 15 is 0 Å². The van der Waals surface area contributed by atoms with Gasteiger partial charge in [-0.05, 0) is 12.3 Å². The van der Waals surface area contributed by atoms with Crippen molar-refractivity contribution in [3.8, 4) is 0 Å². The van der Waals surface area contributed by atoms with Crippen molar-refractivity contribution in [2.45, 2.75) is 13.3 Å². The summed E-state index contributed by atoms with van der Waals surface area (Å²) in [7, 11) is 2.73. The van der Waals surface area contributed by atoms with Crippen LogP contribution in [-0.2, 0) is 0 Å². The molecule has 0 spiro atoms. The summed E-state index contributed by atoms with van der Waals surface area (Å²) in [5.41, 5.74) is 0. The minimum absolute atomic E-state index is 0.928. The van der Waals surface area contributed by atoms with Crippen molar-refractivity contribution in [1.82, 2.24) is 4.67 Å². The molecule has 0 aromatic rings. The lowest BCUT2D eigenvalue weighted by Crippen LogP contribution is -2.04. The van der Waals surface area contributed by atoms with Crippen molar-refractivity contribution in [3.63, 3.8) is 0 Å². The van der Waals surface area contributed by atoms with E-state index in [1.807, 2.05) is 0 Å². The molecule has 1 fully saturated rings. The lowest BCUT2D eigenvalue weighted by molar-refractivity contribution is 0.549. The first kappa shape index (κ1) is 5.53. The van der Waals surface area contributed by atoms with Gasteiger partial charge in [-0.1, -0.05) is 16.3 Å². The highest BCUT2D eigenvalue weighted by molar-refractivity contribution is 7.13. The zero-order chi connectivity index (χ0) is 5.28. The molecule has 1 saturated heterocycles. The van der Waals surface area contributed by atoms with E-state index in [-0.39, 0.29) is 0 Å². The van der Waals surface area contributed by atoms with Gasteiger partial charge < -0.3 is 0 Å². The summed E-state index contributed by atoms with van der Waals surface area (Å²) in [5, 5.41) is 0. The van der Waals surface area contributed by atoms with Crippen LogP contribution in [0.1, 0.15) is 13.3 Å². The second-order valence-corrected chi connectivity index (χ2v) is 3.12. The van der Waals surface area contributed by atoms with E-state index in [1.165, 1.54) is 19.5 Å². The highest BCUT2D eigenvalue weighted by Crippen LogP contribution is 2.17. The standard InChI is InChI=1S/C5H12NP/c1-5-2-3-6(7)4-5/h5H,2-4,7H2,1H3/t5-/m1/s1. The van der Waals surface area contributed by atoms with Gasteiger partial charge in [0.05, 0.1) is 0 Å². The molecular formula is C5H12NP. The molecular weight excluding hydrogens is 105 g/mol. The fraction of sp³-hybridized carbons (Fsp3) is 1.00. The van der Waals surface area contributed by atoms with Gasteiger partial charge in [0.2, 0.25) is 0 Å². The third-order valence-electron chi connectivity index (χ3n) is 1.46. The molecule has 42 valence electrons. The van der Waals surface area contributed by atoms with Crippen LogP contribution in [0.4, 0.5) is 0 Å². The first-order chi connectivity index (χ1) is 3.29. The van der Waals surface area contributed by atoms with Gasteiger partial charge in [0.1, 0.15) is 0 Å². The minimum atomic E-state index is 0.928. The molecule has 2 atom stereocenters. The summed E-state index contributed by atoms with van der Waals surface area (Å²) in [4.78, 5) is 0. The van der Waals surface area contributed by atoms with Crippen molar-refractivity contribution in [3.05, 3.63) is 0 Å². The molecule has 0 saturated carbocycles. The largest absolute Gasteiger partial charge is 0.287 e. The summed E-state index contributed by atoms with van der Waals surface area (Å²) in [6.45, 7) is 4.83. The first-order valence-corrected chi connectivity index (χ1v) is 3.30. The van der Waals surface area contributed by atoms with E-state index in [4.69, 9.17) is 0 Å². The molecule has 0 aliphatic carbocycles. The third-order valence-corrected chi connectivity index (χ3v) is 1.92. The summed E-state index contributed by atoms with van der Waals surface area (Å²) in [5.74, 6) is 0.928. The molecule has 0 N–H and O–H groups in total. The van der Waals surface area contributed by atoms with E-state index in [9.17, 15) is 0 Å². The summed E-state index contributed by atoms with van der Waals surface area (Å²) in [6.07, 6.45) is 1.38. The molecule has 1 nitrogen and oxygen atoms in total. The van der Waals surface area contributed by atoms with Gasteiger partial charge in [-0.3, -0.25) is 4.67 Å². The van der Waals surface area contributed by atoms with Crippen LogP contribution >= 0.6 is 9.39 Å². The summed E-state index contributed by atoms with van der Waals surface area (Å²) >= 11 is 0. The molecule has 0 aromatic carbocycles. The van der Waals surface area contributed by atoms with Crippen molar-refractivity contribution < 1.29 is 0 Å². The molecule has 0 aromatic heterocycles. The van der Waals surface area contributed by atoms with Crippen molar-refractivity contribution >= 4 is 9.39 Å². The van der Waals surface area contributed by atoms with Crippen LogP contribution in [-0.4, -0.2) is 17.8 Å². The maximum atomic E-state index is 2.73. The lowest BCUT2D eigenvalue weighted by atomic mass is 10.2. The Hall–Kier alpha value is 0.390. The Morgan fingerprint density at radius 2 is 2.43 bits per heavy atom. The summed E-state index contributed by atoms with van der Waals surface area (Å²) < 4.78 is 2.30. The third kappa shape index (κ3) is 1.40. The van der Waals surface area contributed by atoms with Crippen LogP contribution in [0.3, 0.4) is 0 Å². The zero-order valence-corrected chi connectivity index (χ0v) is 5.88. The molecule has 1 aliphatic rings. The van der Waals surface area contributed by atoms with Crippen LogP contribution in [0, 0.1) is 5.92 Å². The van der Waals surface area contributed by atoms with Gasteiger partial charge in [-0.2, -0.15) is 0 Å². The number of nitrogens with zero attached hydrogens (tertiary/aromatic N) is 1. The second-order valence-electron chi connectivity index (χ2n) is 2.39. The van der Waals surface area contributed by atoms with E-state index in [0.717, 1.165) is 5.92 Å². The Morgan fingerprint density at radius 1 is 1.71 bits per heavy atom. The average Bonchev–Trinajstić information content (AvgIpc) is 1.87. The normalized spacial score (nSPS) is 34.3. The Balaban J connectivity index is 2.26. The molecule has 1 rings (SSSR count). The van der Waals surface area contributed by atoms with Gasteiger partial charge >= 0.3 is 0 Å². The fourth-order valence-electron chi connectivity index (χ4n) is 0.969. The van der Waals surface area contributed by atoms with Crippen LogP contribution in [0.5, 0.6) is 0 Å². The number of hydrogen-bond acceptors (Lipinski definition) is 1. The van der Waals surface area contributed by atoms with Crippen LogP contribution < -0.4 is 0 Å². The van der Waals surface area contributed by atoms with Crippen molar-refractivity contribution in [2.75, 3.05) is 13.1 Å². The van der Waals surface area contributed by atoms with Crippen LogP contribution in [0.25, 0.3) is 0 Å². The molecule has 1 unspecified atom stereocenters. The van der Waals surface area contributed by atoms with Gasteiger partial charge in [0, 0.05) is 13.1 Å². The quantitative estimate of drug-likeness (QED) is 0.430. The average molecular weight is 117 g/mol. The highest BCUT2D eigenvalue weighted by Gasteiger charge is 2.13. The molecule has 2 heteroatoms. The van der Waals surface area contributed by atoms with E-state index < -0.39 is 0 Å². The van der Waals surface area contributed by atoms with Crippen LogP contribution in [0.15, 0.2) is 0 Å². The van der Waals surface area contributed by atoms with Gasteiger partial charge in [-0.25, -0.2) is 0 Å². The topological polar surface area (TPSA) is 3.24 Å². The van der Waals surface area contributed by atoms with Crippen LogP contribution in [0.2, 0.25) is 0 Å². The Labute approximate surface area is 47.3 Å². The number of hydrogen-bond donors (Lipinski definition) is 0. The predicted molar refractivity (Wildman–Crippen MR) is 35.1 cm³/mol. The molecule has 7 heavy (non-hydrogen) atoms. The van der Waals surface area contributed by atoms with Gasteiger partial charge in [-0.15, -0.1) is 0 Å². The van der Waals surface area contributed by atoms with Gasteiger partial charge in [0.15, 0.2) is 0 Å². The molecule has 0 bridgehead atoms. The van der Waals surface area contributed by atoms with E-state index in [2.05, 4.69) is 21.0 Å². The molecule has 1 aliphatic heterocycles. The summed E-state index contributed by atoms with van der Waals surface area (Å²) in [6, 6.07) is 0. The highest BCUT2D eigenvalue weighted by atomic mass is 31.0. The predicted octanol–water partition coefficient (Wildman–Crippen LogP) is 1.12. The fourth-order valence-corrected chi connectivity index (χ4v) is 1.48. The minimum Gasteiger partial charge on any atom is -0.287 e. The first-order valence-electron chi connectivity index (χ1n) is 2.78. The Kier molecular flexibility index (Phi) is 1.66. The Bertz CT molecular complexity index is 57.1. The van der Waals surface area contributed by atoms with E-state index in [0.29, 0.717) is 0 Å². The van der Waals surface area contributed by atoms with Crippen molar-refractivity contribution in [1.29, 1.82) is 0 Å². The Morgan fingerprint density at radius 3 is 2.57 bits per heavy atom. The molecule has 0 radical (unpaired) electrons. The second kappa shape index (κ2) is 2.11. The maximum Gasteiger partial charge on any atom is 0.00424 e. The monoisotopic (exact) mass is 117 g/mol.